The summed E-state index contributed by atoms with van der Waals surface area (Å²) in [5.41, 5.74) is 0.513. The summed E-state index contributed by atoms with van der Waals surface area (Å²) in [6.07, 6.45) is 1.17. The Bertz CT molecular complexity index is 168. The molecular formula is C12H29NO2Si. The molecule has 0 aromatic heterocycles. The molecule has 0 bridgehead atoms. The van der Waals surface area contributed by atoms with Gasteiger partial charge in [-0.1, -0.05) is 27.7 Å². The van der Waals surface area contributed by atoms with Gasteiger partial charge in [0.1, 0.15) is 0 Å². The van der Waals surface area contributed by atoms with Crippen molar-refractivity contribution in [2.75, 3.05) is 33.9 Å². The number of rotatable bonds is 9. The van der Waals surface area contributed by atoms with Crippen LogP contribution in [0.3, 0.4) is 0 Å². The summed E-state index contributed by atoms with van der Waals surface area (Å²) >= 11 is 0. The van der Waals surface area contributed by atoms with E-state index in [1.807, 2.05) is 0 Å². The molecule has 0 aliphatic carbocycles. The van der Waals surface area contributed by atoms with Gasteiger partial charge in [0.25, 0.3) is 0 Å². The molecule has 98 valence electrons. The minimum atomic E-state index is -1.94. The fourth-order valence-corrected chi connectivity index (χ4v) is 4.88. The molecule has 0 aromatic carbocycles. The van der Waals surface area contributed by atoms with Gasteiger partial charge in [-0.2, -0.15) is 0 Å². The van der Waals surface area contributed by atoms with Crippen LogP contribution in [-0.4, -0.2) is 47.3 Å². The first-order chi connectivity index (χ1) is 7.56. The van der Waals surface area contributed by atoms with Crippen molar-refractivity contribution < 1.29 is 8.85 Å². The van der Waals surface area contributed by atoms with Crippen molar-refractivity contribution in [3.63, 3.8) is 0 Å². The van der Waals surface area contributed by atoms with Crippen molar-refractivity contribution >= 4 is 8.56 Å². The maximum absolute atomic E-state index is 5.70. The SMILES string of the molecule is CCN(CC)CCC[Si](OC)(OC)C(C)C. The molecule has 3 nitrogen and oxygen atoms in total. The molecule has 0 heterocycles. The first-order valence-electron chi connectivity index (χ1n) is 6.38. The van der Waals surface area contributed by atoms with Gasteiger partial charge in [-0.05, 0) is 37.6 Å². The summed E-state index contributed by atoms with van der Waals surface area (Å²) in [6, 6.07) is 1.09. The summed E-state index contributed by atoms with van der Waals surface area (Å²) in [5.74, 6) is 0. The van der Waals surface area contributed by atoms with E-state index in [9.17, 15) is 0 Å². The van der Waals surface area contributed by atoms with Crippen LogP contribution >= 0.6 is 0 Å². The molecule has 4 heteroatoms. The van der Waals surface area contributed by atoms with E-state index in [0.717, 1.165) is 25.7 Å². The largest absolute Gasteiger partial charge is 0.397 e. The second-order valence-electron chi connectivity index (χ2n) is 4.51. The van der Waals surface area contributed by atoms with Gasteiger partial charge in [0.2, 0.25) is 0 Å². The third-order valence-electron chi connectivity index (χ3n) is 3.46. The zero-order valence-electron chi connectivity index (χ0n) is 11.9. The van der Waals surface area contributed by atoms with Crippen LogP contribution in [0, 0.1) is 0 Å². The highest BCUT2D eigenvalue weighted by Crippen LogP contribution is 2.27. The molecule has 16 heavy (non-hydrogen) atoms. The molecule has 0 radical (unpaired) electrons. The van der Waals surface area contributed by atoms with E-state index in [-0.39, 0.29) is 0 Å². The molecular weight excluding hydrogens is 218 g/mol. The molecule has 0 unspecified atom stereocenters. The lowest BCUT2D eigenvalue weighted by molar-refractivity contribution is 0.226. The van der Waals surface area contributed by atoms with Gasteiger partial charge in [-0.25, -0.2) is 0 Å². The van der Waals surface area contributed by atoms with Crippen LogP contribution in [0.25, 0.3) is 0 Å². The number of hydrogen-bond acceptors (Lipinski definition) is 3. The van der Waals surface area contributed by atoms with Gasteiger partial charge in [0.15, 0.2) is 0 Å². The fraction of sp³-hybridized carbons (Fsp3) is 1.00. The fourth-order valence-electron chi connectivity index (χ4n) is 2.14. The number of hydrogen-bond donors (Lipinski definition) is 0. The first-order valence-corrected chi connectivity index (χ1v) is 8.49. The molecule has 0 fully saturated rings. The van der Waals surface area contributed by atoms with Gasteiger partial charge >= 0.3 is 8.56 Å². The highest BCUT2D eigenvalue weighted by Gasteiger charge is 2.38. The van der Waals surface area contributed by atoms with E-state index in [4.69, 9.17) is 8.85 Å². The highest BCUT2D eigenvalue weighted by molar-refractivity contribution is 6.68. The van der Waals surface area contributed by atoms with E-state index in [1.54, 1.807) is 14.2 Å². The van der Waals surface area contributed by atoms with Crippen LogP contribution in [0.15, 0.2) is 0 Å². The molecule has 0 N–H and O–H groups in total. The molecule has 0 rings (SSSR count). The quantitative estimate of drug-likeness (QED) is 0.585. The highest BCUT2D eigenvalue weighted by atomic mass is 28.4. The van der Waals surface area contributed by atoms with E-state index in [2.05, 4.69) is 32.6 Å². The zero-order chi connectivity index (χ0) is 12.6. The molecule has 0 saturated heterocycles. The lowest BCUT2D eigenvalue weighted by atomic mass is 10.4. The monoisotopic (exact) mass is 247 g/mol. The topological polar surface area (TPSA) is 21.7 Å². The Morgan fingerprint density at radius 1 is 1.06 bits per heavy atom. The van der Waals surface area contributed by atoms with Crippen molar-refractivity contribution in [2.24, 2.45) is 0 Å². The Balaban J connectivity index is 4.12. The van der Waals surface area contributed by atoms with Crippen molar-refractivity contribution in [3.8, 4) is 0 Å². The van der Waals surface area contributed by atoms with Crippen LogP contribution in [0.4, 0.5) is 0 Å². The van der Waals surface area contributed by atoms with Gasteiger partial charge in [0, 0.05) is 14.2 Å². The third kappa shape index (κ3) is 4.53. The molecule has 0 amide bonds. The normalized spacial score (nSPS) is 12.8. The van der Waals surface area contributed by atoms with Crippen LogP contribution in [0.2, 0.25) is 11.6 Å². The van der Waals surface area contributed by atoms with Crippen molar-refractivity contribution in [1.29, 1.82) is 0 Å². The smallest absolute Gasteiger partial charge is 0.340 e. The average Bonchev–Trinajstić information content (AvgIpc) is 2.30. The van der Waals surface area contributed by atoms with Crippen LogP contribution < -0.4 is 0 Å². The predicted octanol–water partition coefficient (Wildman–Crippen LogP) is 2.86. The van der Waals surface area contributed by atoms with Crippen molar-refractivity contribution in [3.05, 3.63) is 0 Å². The Kier molecular flexibility index (Phi) is 8.28. The van der Waals surface area contributed by atoms with E-state index >= 15 is 0 Å². The average molecular weight is 247 g/mol. The Hall–Kier alpha value is 0.0969. The Morgan fingerprint density at radius 3 is 1.88 bits per heavy atom. The standard InChI is InChI=1S/C12H29NO2Si/c1-7-13(8-2)10-9-11-16(14-5,15-6)12(3)4/h12H,7-11H2,1-6H3. The lowest BCUT2D eigenvalue weighted by Gasteiger charge is -2.31. The van der Waals surface area contributed by atoms with Gasteiger partial charge in [-0.15, -0.1) is 0 Å². The Morgan fingerprint density at radius 2 is 1.56 bits per heavy atom. The summed E-state index contributed by atoms with van der Waals surface area (Å²) in [6.45, 7) is 12.3. The molecule has 0 aromatic rings. The number of nitrogens with zero attached hydrogens (tertiary/aromatic N) is 1. The van der Waals surface area contributed by atoms with E-state index in [0.29, 0.717) is 5.54 Å². The summed E-state index contributed by atoms with van der Waals surface area (Å²) in [7, 11) is 1.66. The minimum Gasteiger partial charge on any atom is -0.397 e. The zero-order valence-corrected chi connectivity index (χ0v) is 12.9. The van der Waals surface area contributed by atoms with E-state index < -0.39 is 8.56 Å². The summed E-state index contributed by atoms with van der Waals surface area (Å²) in [4.78, 5) is 2.45. The molecule has 0 aliphatic heterocycles. The molecule has 0 atom stereocenters. The third-order valence-corrected chi connectivity index (χ3v) is 7.66. The maximum Gasteiger partial charge on any atom is 0.340 e. The molecule has 0 saturated carbocycles. The second kappa shape index (κ2) is 8.23. The second-order valence-corrected chi connectivity index (χ2v) is 8.60. The Labute approximate surface area is 102 Å². The lowest BCUT2D eigenvalue weighted by Crippen LogP contribution is -2.43. The van der Waals surface area contributed by atoms with Gasteiger partial charge in [0.05, 0.1) is 0 Å². The van der Waals surface area contributed by atoms with Crippen LogP contribution in [0.1, 0.15) is 34.1 Å². The van der Waals surface area contributed by atoms with Crippen LogP contribution in [-0.2, 0) is 8.85 Å². The van der Waals surface area contributed by atoms with Gasteiger partial charge in [-0.3, -0.25) is 0 Å². The molecule has 0 spiro atoms. The minimum absolute atomic E-state index is 0.513. The van der Waals surface area contributed by atoms with Gasteiger partial charge < -0.3 is 13.8 Å². The van der Waals surface area contributed by atoms with Crippen LogP contribution in [0.5, 0.6) is 0 Å². The predicted molar refractivity (Wildman–Crippen MR) is 72.1 cm³/mol. The first kappa shape index (κ1) is 16.1. The van der Waals surface area contributed by atoms with Crippen molar-refractivity contribution in [1.82, 2.24) is 4.90 Å². The summed E-state index contributed by atoms with van der Waals surface area (Å²) in [5, 5.41) is 0. The van der Waals surface area contributed by atoms with Crippen molar-refractivity contribution in [2.45, 2.75) is 45.7 Å². The molecule has 0 aliphatic rings. The maximum atomic E-state index is 5.70. The summed E-state index contributed by atoms with van der Waals surface area (Å²) < 4.78 is 11.4. The van der Waals surface area contributed by atoms with E-state index in [1.165, 1.54) is 6.42 Å².